The maximum absolute atomic E-state index is 12.7. The van der Waals surface area contributed by atoms with Gasteiger partial charge in [0.05, 0.1) is 17.6 Å². The number of hydrogen-bond acceptors (Lipinski definition) is 8. The Morgan fingerprint density at radius 3 is 2.79 bits per heavy atom. The van der Waals surface area contributed by atoms with Crippen LogP contribution >= 0.6 is 11.3 Å². The van der Waals surface area contributed by atoms with Crippen LogP contribution in [-0.2, 0) is 6.54 Å². The molecule has 4 rings (SSSR count). The summed E-state index contributed by atoms with van der Waals surface area (Å²) in [6.07, 6.45) is -2.53. The normalized spacial score (nSPS) is 11.4. The van der Waals surface area contributed by atoms with E-state index in [1.54, 1.807) is 12.1 Å². The minimum atomic E-state index is -4.86. The van der Waals surface area contributed by atoms with Crippen molar-refractivity contribution < 1.29 is 31.9 Å². The first-order valence-electron chi connectivity index (χ1n) is 9.29. The molecule has 4 aromatic rings. The minimum absolute atomic E-state index is 0.0356. The standard InChI is InChI=1S/C20H14F3N5O4S/c1-11(29)15-6-5-14(33-15)9-28-25-8-16(27-28)26-19(30)17-18(31-10-24-17)12-3-2-4-13(7-12)32-20(21,22)23/h2-8,10H,9H2,1H3,(H,26,27,30). The lowest BCUT2D eigenvalue weighted by Crippen LogP contribution is -2.17. The lowest BCUT2D eigenvalue weighted by molar-refractivity contribution is -0.274. The van der Waals surface area contributed by atoms with Gasteiger partial charge in [0, 0.05) is 10.4 Å². The fourth-order valence-corrected chi connectivity index (χ4v) is 3.72. The number of carbonyl (C=O) groups is 2. The first-order chi connectivity index (χ1) is 15.7. The molecule has 1 amide bonds. The summed E-state index contributed by atoms with van der Waals surface area (Å²) < 4.78 is 46.6. The number of aromatic nitrogens is 4. The second-order valence-corrected chi connectivity index (χ2v) is 7.81. The number of Topliss-reactive ketones (excluding diaryl/α,β-unsaturated/α-hetero) is 1. The number of halogens is 3. The van der Waals surface area contributed by atoms with E-state index in [1.807, 2.05) is 0 Å². The van der Waals surface area contributed by atoms with Crippen molar-refractivity contribution in [1.82, 2.24) is 20.0 Å². The number of nitrogens with zero attached hydrogens (tertiary/aromatic N) is 4. The summed E-state index contributed by atoms with van der Waals surface area (Å²) in [6.45, 7) is 1.78. The molecule has 170 valence electrons. The van der Waals surface area contributed by atoms with Crippen molar-refractivity contribution in [3.63, 3.8) is 0 Å². The molecule has 0 aliphatic heterocycles. The van der Waals surface area contributed by atoms with Crippen LogP contribution in [0.3, 0.4) is 0 Å². The van der Waals surface area contributed by atoms with Gasteiger partial charge in [0.25, 0.3) is 5.91 Å². The van der Waals surface area contributed by atoms with Gasteiger partial charge in [-0.3, -0.25) is 9.59 Å². The molecule has 13 heteroatoms. The van der Waals surface area contributed by atoms with E-state index in [1.165, 1.54) is 41.4 Å². The predicted molar refractivity (Wildman–Crippen MR) is 110 cm³/mol. The summed E-state index contributed by atoms with van der Waals surface area (Å²) in [7, 11) is 0. The van der Waals surface area contributed by atoms with Crippen LogP contribution in [0.5, 0.6) is 5.75 Å². The lowest BCUT2D eigenvalue weighted by atomic mass is 10.1. The molecule has 0 aliphatic carbocycles. The third-order valence-corrected chi connectivity index (χ3v) is 5.37. The highest BCUT2D eigenvalue weighted by Gasteiger charge is 2.31. The number of hydrogen-bond donors (Lipinski definition) is 1. The number of rotatable bonds is 7. The Morgan fingerprint density at radius 2 is 2.06 bits per heavy atom. The van der Waals surface area contributed by atoms with E-state index in [4.69, 9.17) is 4.42 Å². The maximum atomic E-state index is 12.7. The second-order valence-electron chi connectivity index (χ2n) is 6.64. The summed E-state index contributed by atoms with van der Waals surface area (Å²) in [5.41, 5.74) is 0.0140. The number of alkyl halides is 3. The third kappa shape index (κ3) is 5.44. The van der Waals surface area contributed by atoms with Crippen LogP contribution in [0.25, 0.3) is 11.3 Å². The number of amides is 1. The van der Waals surface area contributed by atoms with Gasteiger partial charge in [-0.1, -0.05) is 12.1 Å². The van der Waals surface area contributed by atoms with Gasteiger partial charge in [-0.25, -0.2) is 4.98 Å². The Morgan fingerprint density at radius 1 is 1.24 bits per heavy atom. The highest BCUT2D eigenvalue weighted by atomic mass is 32.1. The largest absolute Gasteiger partial charge is 0.573 e. The zero-order chi connectivity index (χ0) is 23.6. The second kappa shape index (κ2) is 8.86. The van der Waals surface area contributed by atoms with Crippen molar-refractivity contribution in [2.24, 2.45) is 0 Å². The monoisotopic (exact) mass is 477 g/mol. The van der Waals surface area contributed by atoms with Gasteiger partial charge in [0.2, 0.25) is 0 Å². The average Bonchev–Trinajstić information content (AvgIpc) is 3.48. The molecule has 0 fully saturated rings. The van der Waals surface area contributed by atoms with Gasteiger partial charge >= 0.3 is 6.36 Å². The van der Waals surface area contributed by atoms with E-state index in [-0.39, 0.29) is 28.6 Å². The van der Waals surface area contributed by atoms with Gasteiger partial charge in [0.1, 0.15) is 5.75 Å². The van der Waals surface area contributed by atoms with Crippen molar-refractivity contribution >= 4 is 28.8 Å². The number of carbonyl (C=O) groups excluding carboxylic acids is 2. The van der Waals surface area contributed by atoms with E-state index >= 15 is 0 Å². The van der Waals surface area contributed by atoms with Crippen molar-refractivity contribution in [3.05, 3.63) is 64.4 Å². The van der Waals surface area contributed by atoms with Crippen molar-refractivity contribution in [2.75, 3.05) is 5.32 Å². The lowest BCUT2D eigenvalue weighted by Gasteiger charge is -2.09. The van der Waals surface area contributed by atoms with Crippen LogP contribution in [0, 0.1) is 0 Å². The SMILES string of the molecule is CC(=O)c1ccc(Cn2ncc(NC(=O)c3ncoc3-c3cccc(OC(F)(F)F)c3)n2)s1. The summed E-state index contributed by atoms with van der Waals surface area (Å²) in [6, 6.07) is 8.49. The van der Waals surface area contributed by atoms with E-state index in [9.17, 15) is 22.8 Å². The van der Waals surface area contributed by atoms with Gasteiger partial charge < -0.3 is 14.5 Å². The molecule has 0 saturated carbocycles. The zero-order valence-electron chi connectivity index (χ0n) is 16.8. The van der Waals surface area contributed by atoms with Gasteiger partial charge in [-0.15, -0.1) is 29.6 Å². The van der Waals surface area contributed by atoms with Crippen LogP contribution in [0.2, 0.25) is 0 Å². The molecule has 9 nitrogen and oxygen atoms in total. The molecule has 0 aliphatic rings. The summed E-state index contributed by atoms with van der Waals surface area (Å²) in [5.74, 6) is -1.10. The van der Waals surface area contributed by atoms with E-state index in [0.717, 1.165) is 23.4 Å². The highest BCUT2D eigenvalue weighted by Crippen LogP contribution is 2.30. The maximum Gasteiger partial charge on any atom is 0.573 e. The Labute approximate surface area is 187 Å². The Balaban J connectivity index is 1.47. The molecule has 33 heavy (non-hydrogen) atoms. The minimum Gasteiger partial charge on any atom is -0.443 e. The number of ketones is 1. The molecular weight excluding hydrogens is 463 g/mol. The Bertz CT molecular complexity index is 1310. The van der Waals surface area contributed by atoms with Gasteiger partial charge in [-0.05, 0) is 31.2 Å². The van der Waals surface area contributed by atoms with E-state index < -0.39 is 18.0 Å². The number of thiophene rings is 1. The molecule has 3 aromatic heterocycles. The molecule has 0 saturated heterocycles. The molecule has 3 heterocycles. The predicted octanol–water partition coefficient (Wildman–Crippen LogP) is 4.40. The average molecular weight is 477 g/mol. The fourth-order valence-electron chi connectivity index (χ4n) is 2.84. The zero-order valence-corrected chi connectivity index (χ0v) is 17.6. The molecule has 0 bridgehead atoms. The number of nitrogens with one attached hydrogen (secondary N) is 1. The number of benzene rings is 1. The van der Waals surface area contributed by atoms with E-state index in [2.05, 4.69) is 25.2 Å². The molecule has 1 aromatic carbocycles. The van der Waals surface area contributed by atoms with Crippen LogP contribution in [0.15, 0.2) is 53.4 Å². The van der Waals surface area contributed by atoms with Crippen molar-refractivity contribution in [2.45, 2.75) is 19.8 Å². The van der Waals surface area contributed by atoms with Crippen LogP contribution < -0.4 is 10.1 Å². The Hall–Kier alpha value is -4.00. The number of ether oxygens (including phenoxy) is 1. The number of anilines is 1. The summed E-state index contributed by atoms with van der Waals surface area (Å²) >= 11 is 1.32. The molecule has 0 atom stereocenters. The molecule has 0 radical (unpaired) electrons. The van der Waals surface area contributed by atoms with Gasteiger partial charge in [-0.2, -0.15) is 9.90 Å². The first kappa shape index (κ1) is 22.2. The third-order valence-electron chi connectivity index (χ3n) is 4.20. The quantitative estimate of drug-likeness (QED) is 0.393. The molecule has 0 spiro atoms. The topological polar surface area (TPSA) is 112 Å². The van der Waals surface area contributed by atoms with Crippen LogP contribution in [0.4, 0.5) is 19.0 Å². The van der Waals surface area contributed by atoms with Crippen molar-refractivity contribution in [3.8, 4) is 17.1 Å². The smallest absolute Gasteiger partial charge is 0.443 e. The molecular formula is C20H14F3N5O4S. The number of oxazole rings is 1. The van der Waals surface area contributed by atoms with Crippen LogP contribution in [0.1, 0.15) is 32.0 Å². The molecule has 0 unspecified atom stereocenters. The van der Waals surface area contributed by atoms with E-state index in [0.29, 0.717) is 11.4 Å². The summed E-state index contributed by atoms with van der Waals surface area (Å²) in [4.78, 5) is 30.8. The van der Waals surface area contributed by atoms with Gasteiger partial charge in [0.15, 0.2) is 29.4 Å². The highest BCUT2D eigenvalue weighted by molar-refractivity contribution is 7.14. The van der Waals surface area contributed by atoms with Crippen LogP contribution in [-0.4, -0.2) is 38.0 Å². The summed E-state index contributed by atoms with van der Waals surface area (Å²) in [5, 5.41) is 10.7. The Kier molecular flexibility index (Phi) is 5.96. The molecule has 1 N–H and O–H groups in total. The van der Waals surface area contributed by atoms with Crippen molar-refractivity contribution in [1.29, 1.82) is 0 Å². The fraction of sp³-hybridized carbons (Fsp3) is 0.150. The first-order valence-corrected chi connectivity index (χ1v) is 10.1.